The van der Waals surface area contributed by atoms with E-state index >= 15 is 0 Å². The summed E-state index contributed by atoms with van der Waals surface area (Å²) in [6.07, 6.45) is 5.43. The first kappa shape index (κ1) is 14.3. The fourth-order valence-corrected chi connectivity index (χ4v) is 1.69. The first-order chi connectivity index (χ1) is 7.15. The van der Waals surface area contributed by atoms with Crippen LogP contribution in [0.2, 0.25) is 0 Å². The first-order valence-corrected chi connectivity index (χ1v) is 6.20. The van der Waals surface area contributed by atoms with Gasteiger partial charge in [0.2, 0.25) is 0 Å². The van der Waals surface area contributed by atoms with Gasteiger partial charge in [-0.25, -0.2) is 0 Å². The van der Waals surface area contributed by atoms with Gasteiger partial charge in [0.05, 0.1) is 0 Å². The SMILES string of the molecule is CCCCC(=O)CC(CC)C(=O)CCC. The number of rotatable bonds is 9. The van der Waals surface area contributed by atoms with Crippen LogP contribution in [0.1, 0.15) is 65.7 Å². The van der Waals surface area contributed by atoms with Gasteiger partial charge in [-0.2, -0.15) is 0 Å². The Labute approximate surface area is 93.4 Å². The second-order valence-electron chi connectivity index (χ2n) is 4.17. The van der Waals surface area contributed by atoms with Gasteiger partial charge in [-0.3, -0.25) is 9.59 Å². The summed E-state index contributed by atoms with van der Waals surface area (Å²) < 4.78 is 0. The highest BCUT2D eigenvalue weighted by Crippen LogP contribution is 2.15. The summed E-state index contributed by atoms with van der Waals surface area (Å²) in [5.74, 6) is 0.507. The van der Waals surface area contributed by atoms with Gasteiger partial charge in [-0.05, 0) is 19.3 Å². The Kier molecular flexibility index (Phi) is 8.25. The molecule has 0 rings (SSSR count). The molecule has 0 fully saturated rings. The fourth-order valence-electron chi connectivity index (χ4n) is 1.69. The summed E-state index contributed by atoms with van der Waals surface area (Å²) in [6, 6.07) is 0. The molecule has 1 atom stereocenters. The lowest BCUT2D eigenvalue weighted by Gasteiger charge is -2.12. The fraction of sp³-hybridized carbons (Fsp3) is 0.846. The summed E-state index contributed by atoms with van der Waals surface area (Å²) >= 11 is 0. The number of carbonyl (C=O) groups is 2. The van der Waals surface area contributed by atoms with E-state index in [2.05, 4.69) is 6.92 Å². The van der Waals surface area contributed by atoms with Gasteiger partial charge in [0.1, 0.15) is 11.6 Å². The van der Waals surface area contributed by atoms with Crippen LogP contribution in [0.25, 0.3) is 0 Å². The second kappa shape index (κ2) is 8.63. The van der Waals surface area contributed by atoms with E-state index in [4.69, 9.17) is 0 Å². The third-order valence-electron chi connectivity index (χ3n) is 2.73. The predicted octanol–water partition coefficient (Wildman–Crippen LogP) is 3.53. The highest BCUT2D eigenvalue weighted by Gasteiger charge is 2.18. The van der Waals surface area contributed by atoms with Crippen LogP contribution in [0.3, 0.4) is 0 Å². The van der Waals surface area contributed by atoms with Crippen molar-refractivity contribution >= 4 is 11.6 Å². The molecule has 2 heteroatoms. The van der Waals surface area contributed by atoms with E-state index in [1.54, 1.807) is 0 Å². The van der Waals surface area contributed by atoms with Gasteiger partial charge in [0, 0.05) is 25.2 Å². The molecular formula is C13H24O2. The van der Waals surface area contributed by atoms with E-state index in [1.807, 2.05) is 13.8 Å². The van der Waals surface area contributed by atoms with E-state index in [9.17, 15) is 9.59 Å². The van der Waals surface area contributed by atoms with E-state index in [0.29, 0.717) is 19.3 Å². The van der Waals surface area contributed by atoms with Crippen molar-refractivity contribution in [2.45, 2.75) is 65.7 Å². The van der Waals surface area contributed by atoms with Gasteiger partial charge >= 0.3 is 0 Å². The number of unbranched alkanes of at least 4 members (excludes halogenated alkanes) is 1. The Morgan fingerprint density at radius 3 is 2.13 bits per heavy atom. The topological polar surface area (TPSA) is 34.1 Å². The highest BCUT2D eigenvalue weighted by molar-refractivity contribution is 5.87. The molecule has 0 bridgehead atoms. The maximum absolute atomic E-state index is 11.6. The Morgan fingerprint density at radius 2 is 1.67 bits per heavy atom. The molecule has 0 saturated carbocycles. The zero-order chi connectivity index (χ0) is 11.7. The average molecular weight is 212 g/mol. The predicted molar refractivity (Wildman–Crippen MR) is 62.8 cm³/mol. The van der Waals surface area contributed by atoms with Crippen LogP contribution in [0.5, 0.6) is 0 Å². The van der Waals surface area contributed by atoms with Crippen LogP contribution in [-0.2, 0) is 9.59 Å². The van der Waals surface area contributed by atoms with Crippen molar-refractivity contribution in [1.29, 1.82) is 0 Å². The summed E-state index contributed by atoms with van der Waals surface area (Å²) in [7, 11) is 0. The van der Waals surface area contributed by atoms with Crippen LogP contribution in [0, 0.1) is 5.92 Å². The Balaban J connectivity index is 3.97. The highest BCUT2D eigenvalue weighted by atomic mass is 16.1. The maximum Gasteiger partial charge on any atom is 0.136 e. The minimum absolute atomic E-state index is 0.0192. The average Bonchev–Trinajstić information content (AvgIpc) is 2.23. The number of carbonyl (C=O) groups excluding carboxylic acids is 2. The lowest BCUT2D eigenvalue weighted by molar-refractivity contribution is -0.128. The van der Waals surface area contributed by atoms with E-state index in [-0.39, 0.29) is 17.5 Å². The molecule has 0 aliphatic carbocycles. The molecule has 1 unspecified atom stereocenters. The summed E-state index contributed by atoms with van der Waals surface area (Å²) in [6.45, 7) is 6.07. The third-order valence-corrected chi connectivity index (χ3v) is 2.73. The molecule has 0 N–H and O–H groups in total. The zero-order valence-electron chi connectivity index (χ0n) is 10.3. The van der Waals surface area contributed by atoms with Gasteiger partial charge < -0.3 is 0 Å². The molecule has 2 nitrogen and oxygen atoms in total. The molecule has 0 heterocycles. The van der Waals surface area contributed by atoms with Gasteiger partial charge in [-0.15, -0.1) is 0 Å². The molecule has 0 saturated heterocycles. The molecule has 0 aliphatic heterocycles. The molecular weight excluding hydrogens is 188 g/mol. The summed E-state index contributed by atoms with van der Waals surface area (Å²) in [4.78, 5) is 23.2. The molecule has 0 amide bonds. The maximum atomic E-state index is 11.6. The lowest BCUT2D eigenvalue weighted by atomic mass is 9.91. The largest absolute Gasteiger partial charge is 0.300 e. The molecule has 0 aliphatic rings. The zero-order valence-corrected chi connectivity index (χ0v) is 10.3. The molecule has 0 aromatic carbocycles. The van der Waals surface area contributed by atoms with E-state index < -0.39 is 0 Å². The van der Waals surface area contributed by atoms with Crippen molar-refractivity contribution in [3.05, 3.63) is 0 Å². The van der Waals surface area contributed by atoms with Gasteiger partial charge in [-0.1, -0.05) is 27.2 Å². The quantitative estimate of drug-likeness (QED) is 0.586. The molecule has 15 heavy (non-hydrogen) atoms. The van der Waals surface area contributed by atoms with Crippen molar-refractivity contribution < 1.29 is 9.59 Å². The van der Waals surface area contributed by atoms with Crippen molar-refractivity contribution in [3.63, 3.8) is 0 Å². The van der Waals surface area contributed by atoms with Crippen molar-refractivity contribution in [1.82, 2.24) is 0 Å². The minimum atomic E-state index is -0.0192. The van der Waals surface area contributed by atoms with Crippen LogP contribution < -0.4 is 0 Å². The summed E-state index contributed by atoms with van der Waals surface area (Å²) in [5, 5.41) is 0. The first-order valence-electron chi connectivity index (χ1n) is 6.20. The number of Topliss-reactive ketones (excluding diaryl/α,β-unsaturated/α-hetero) is 2. The molecule has 0 aromatic rings. The van der Waals surface area contributed by atoms with Gasteiger partial charge in [0.25, 0.3) is 0 Å². The van der Waals surface area contributed by atoms with Crippen molar-refractivity contribution in [2.75, 3.05) is 0 Å². The van der Waals surface area contributed by atoms with Crippen molar-refractivity contribution in [3.8, 4) is 0 Å². The van der Waals surface area contributed by atoms with Gasteiger partial charge in [0.15, 0.2) is 0 Å². The smallest absolute Gasteiger partial charge is 0.136 e. The molecule has 0 aromatic heterocycles. The number of hydrogen-bond donors (Lipinski definition) is 0. The van der Waals surface area contributed by atoms with Crippen LogP contribution in [0.4, 0.5) is 0 Å². The van der Waals surface area contributed by atoms with E-state index in [1.165, 1.54) is 0 Å². The Bertz CT molecular complexity index is 197. The standard InChI is InChI=1S/C13H24O2/c1-4-7-9-12(14)10-11(6-3)13(15)8-5-2/h11H,4-10H2,1-3H3. The summed E-state index contributed by atoms with van der Waals surface area (Å²) in [5.41, 5.74) is 0. The van der Waals surface area contributed by atoms with Crippen LogP contribution in [-0.4, -0.2) is 11.6 Å². The minimum Gasteiger partial charge on any atom is -0.300 e. The number of hydrogen-bond acceptors (Lipinski definition) is 2. The molecule has 88 valence electrons. The normalized spacial score (nSPS) is 12.5. The Morgan fingerprint density at radius 1 is 1.00 bits per heavy atom. The third kappa shape index (κ3) is 6.43. The lowest BCUT2D eigenvalue weighted by Crippen LogP contribution is -2.17. The molecule has 0 spiro atoms. The Hall–Kier alpha value is -0.660. The van der Waals surface area contributed by atoms with E-state index in [0.717, 1.165) is 25.7 Å². The second-order valence-corrected chi connectivity index (χ2v) is 4.17. The monoisotopic (exact) mass is 212 g/mol. The molecule has 0 radical (unpaired) electrons. The van der Waals surface area contributed by atoms with Crippen molar-refractivity contribution in [2.24, 2.45) is 5.92 Å². The van der Waals surface area contributed by atoms with Crippen LogP contribution in [0.15, 0.2) is 0 Å². The number of ketones is 2. The van der Waals surface area contributed by atoms with Crippen LogP contribution >= 0.6 is 0 Å².